The molecule has 1 atom stereocenters. The lowest BCUT2D eigenvalue weighted by molar-refractivity contribution is 0.314. The Kier molecular flexibility index (Phi) is 4.47. The van der Waals surface area contributed by atoms with Crippen LogP contribution in [0.2, 0.25) is 0 Å². The maximum Gasteiger partial charge on any atom is 0.226 e. The minimum absolute atomic E-state index is 0.629. The lowest BCUT2D eigenvalue weighted by Crippen LogP contribution is -2.30. The zero-order chi connectivity index (χ0) is 13.8. The van der Waals surface area contributed by atoms with Crippen LogP contribution in [0.15, 0.2) is 33.3 Å². The van der Waals surface area contributed by atoms with Crippen molar-refractivity contribution in [1.82, 2.24) is 15.5 Å². The summed E-state index contributed by atoms with van der Waals surface area (Å²) in [6.45, 7) is 2.19. The summed E-state index contributed by atoms with van der Waals surface area (Å²) >= 11 is 3.43. The van der Waals surface area contributed by atoms with E-state index in [2.05, 4.69) is 43.5 Å². The third-order valence-corrected chi connectivity index (χ3v) is 4.18. The van der Waals surface area contributed by atoms with E-state index in [1.165, 1.54) is 18.4 Å². The van der Waals surface area contributed by atoms with Gasteiger partial charge in [0.25, 0.3) is 0 Å². The van der Waals surface area contributed by atoms with Crippen LogP contribution in [0, 0.1) is 5.92 Å². The van der Waals surface area contributed by atoms with Gasteiger partial charge in [0.15, 0.2) is 5.82 Å². The number of nitrogens with one attached hydrogen (secondary N) is 1. The van der Waals surface area contributed by atoms with Crippen LogP contribution in [0.1, 0.15) is 30.1 Å². The number of benzene rings is 1. The van der Waals surface area contributed by atoms with Crippen LogP contribution < -0.4 is 5.32 Å². The molecule has 1 aliphatic heterocycles. The third-order valence-electron chi connectivity index (χ3n) is 3.65. The average molecular weight is 336 g/mol. The van der Waals surface area contributed by atoms with E-state index in [-0.39, 0.29) is 0 Å². The average Bonchev–Trinajstić information content (AvgIpc) is 2.90. The third kappa shape index (κ3) is 3.67. The zero-order valence-corrected chi connectivity index (χ0v) is 12.9. The largest absolute Gasteiger partial charge is 0.339 e. The van der Waals surface area contributed by atoms with Gasteiger partial charge in [-0.3, -0.25) is 0 Å². The van der Waals surface area contributed by atoms with Crippen molar-refractivity contribution in [2.45, 2.75) is 25.7 Å². The maximum atomic E-state index is 5.37. The van der Waals surface area contributed by atoms with E-state index >= 15 is 0 Å². The van der Waals surface area contributed by atoms with Crippen molar-refractivity contribution in [2.24, 2.45) is 5.92 Å². The highest BCUT2D eigenvalue weighted by atomic mass is 79.9. The Bertz CT molecular complexity index is 547. The summed E-state index contributed by atoms with van der Waals surface area (Å²) in [4.78, 5) is 4.50. The molecular weight excluding hydrogens is 318 g/mol. The number of rotatable bonds is 4. The van der Waals surface area contributed by atoms with E-state index in [0.717, 1.165) is 42.1 Å². The minimum atomic E-state index is 0.629. The van der Waals surface area contributed by atoms with Crippen LogP contribution in [0.4, 0.5) is 0 Å². The van der Waals surface area contributed by atoms with E-state index < -0.39 is 0 Å². The van der Waals surface area contributed by atoms with Crippen molar-refractivity contribution in [3.63, 3.8) is 0 Å². The summed E-state index contributed by atoms with van der Waals surface area (Å²) in [5.41, 5.74) is 1.19. The highest BCUT2D eigenvalue weighted by Gasteiger charge is 2.17. The van der Waals surface area contributed by atoms with Crippen molar-refractivity contribution in [3.05, 3.63) is 46.0 Å². The van der Waals surface area contributed by atoms with Crippen LogP contribution in [0.5, 0.6) is 0 Å². The second-order valence-electron chi connectivity index (χ2n) is 5.32. The number of piperidine rings is 1. The second kappa shape index (κ2) is 6.50. The van der Waals surface area contributed by atoms with Crippen LogP contribution in [0.3, 0.4) is 0 Å². The quantitative estimate of drug-likeness (QED) is 0.933. The normalized spacial score (nSPS) is 19.1. The first kappa shape index (κ1) is 13.8. The Morgan fingerprint density at radius 1 is 1.30 bits per heavy atom. The molecule has 1 saturated heterocycles. The van der Waals surface area contributed by atoms with Gasteiger partial charge in [-0.05, 0) is 49.5 Å². The molecule has 0 saturated carbocycles. The first-order chi connectivity index (χ1) is 9.79. The van der Waals surface area contributed by atoms with Crippen molar-refractivity contribution < 1.29 is 4.52 Å². The fourth-order valence-electron chi connectivity index (χ4n) is 2.57. The van der Waals surface area contributed by atoms with Gasteiger partial charge in [0.05, 0.1) is 0 Å². The van der Waals surface area contributed by atoms with E-state index in [9.17, 15) is 0 Å². The van der Waals surface area contributed by atoms with Crippen molar-refractivity contribution >= 4 is 15.9 Å². The van der Waals surface area contributed by atoms with Gasteiger partial charge in [0.2, 0.25) is 5.89 Å². The van der Waals surface area contributed by atoms with E-state index in [4.69, 9.17) is 4.52 Å². The summed E-state index contributed by atoms with van der Waals surface area (Å²) in [5.74, 6) is 2.17. The Morgan fingerprint density at radius 2 is 2.15 bits per heavy atom. The summed E-state index contributed by atoms with van der Waals surface area (Å²) in [6, 6.07) is 8.21. The van der Waals surface area contributed by atoms with Crippen molar-refractivity contribution in [1.29, 1.82) is 0 Å². The lowest BCUT2D eigenvalue weighted by atomic mass is 9.96. The maximum absolute atomic E-state index is 5.37. The molecule has 3 rings (SSSR count). The van der Waals surface area contributed by atoms with E-state index in [0.29, 0.717) is 5.92 Å². The van der Waals surface area contributed by atoms with E-state index in [1.807, 2.05) is 12.1 Å². The molecule has 1 aromatic carbocycles. The molecular formula is C15H18BrN3O. The lowest BCUT2D eigenvalue weighted by Gasteiger charge is -2.20. The van der Waals surface area contributed by atoms with Gasteiger partial charge >= 0.3 is 0 Å². The fourth-order valence-corrected chi connectivity index (χ4v) is 2.84. The molecule has 1 aliphatic rings. The van der Waals surface area contributed by atoms with Gasteiger partial charge in [-0.1, -0.05) is 33.2 Å². The van der Waals surface area contributed by atoms with Gasteiger partial charge in [-0.2, -0.15) is 4.98 Å². The Morgan fingerprint density at radius 3 is 2.90 bits per heavy atom. The smallest absolute Gasteiger partial charge is 0.226 e. The predicted octanol–water partition coefficient (Wildman–Crippen LogP) is 2.97. The standard InChI is InChI=1S/C15H18BrN3O/c16-13-5-3-11(4-6-13)8-14-18-15(20-19-14)9-12-2-1-7-17-10-12/h3-6,12,17H,1-2,7-10H2. The van der Waals surface area contributed by atoms with Crippen molar-refractivity contribution in [2.75, 3.05) is 13.1 Å². The highest BCUT2D eigenvalue weighted by Crippen LogP contribution is 2.17. The molecule has 2 aromatic rings. The van der Waals surface area contributed by atoms with E-state index in [1.54, 1.807) is 0 Å². The molecule has 1 fully saturated rings. The number of aromatic nitrogens is 2. The molecule has 1 unspecified atom stereocenters. The Labute approximate surface area is 127 Å². The molecule has 5 heteroatoms. The van der Waals surface area contributed by atoms with Gasteiger partial charge in [-0.15, -0.1) is 0 Å². The van der Waals surface area contributed by atoms with Gasteiger partial charge < -0.3 is 9.84 Å². The minimum Gasteiger partial charge on any atom is -0.339 e. The molecule has 0 spiro atoms. The summed E-state index contributed by atoms with van der Waals surface area (Å²) in [7, 11) is 0. The number of hydrogen-bond donors (Lipinski definition) is 1. The topological polar surface area (TPSA) is 51.0 Å². The second-order valence-corrected chi connectivity index (χ2v) is 6.24. The summed E-state index contributed by atoms with van der Waals surface area (Å²) in [5, 5.41) is 7.49. The molecule has 0 bridgehead atoms. The summed E-state index contributed by atoms with van der Waals surface area (Å²) < 4.78 is 6.45. The van der Waals surface area contributed by atoms with Gasteiger partial charge in [-0.25, -0.2) is 0 Å². The van der Waals surface area contributed by atoms with Gasteiger partial charge in [0.1, 0.15) is 0 Å². The first-order valence-electron chi connectivity index (χ1n) is 7.06. The SMILES string of the molecule is Brc1ccc(Cc2noc(CC3CCCNC3)n2)cc1. The highest BCUT2D eigenvalue weighted by molar-refractivity contribution is 9.10. The molecule has 0 amide bonds. The molecule has 0 radical (unpaired) electrons. The molecule has 1 aromatic heterocycles. The molecule has 1 N–H and O–H groups in total. The van der Waals surface area contributed by atoms with Crippen LogP contribution in [0.25, 0.3) is 0 Å². The number of hydrogen-bond acceptors (Lipinski definition) is 4. The molecule has 106 valence electrons. The van der Waals surface area contributed by atoms with Crippen LogP contribution in [-0.4, -0.2) is 23.2 Å². The molecule has 4 nitrogen and oxygen atoms in total. The Balaban J connectivity index is 1.60. The van der Waals surface area contributed by atoms with Crippen LogP contribution >= 0.6 is 15.9 Å². The monoisotopic (exact) mass is 335 g/mol. The first-order valence-corrected chi connectivity index (χ1v) is 7.85. The molecule has 0 aliphatic carbocycles. The molecule has 2 heterocycles. The number of halogens is 1. The Hall–Kier alpha value is -1.20. The number of nitrogens with zero attached hydrogens (tertiary/aromatic N) is 2. The van der Waals surface area contributed by atoms with Crippen LogP contribution in [-0.2, 0) is 12.8 Å². The zero-order valence-electron chi connectivity index (χ0n) is 11.3. The fraction of sp³-hybridized carbons (Fsp3) is 0.467. The van der Waals surface area contributed by atoms with Gasteiger partial charge in [0, 0.05) is 17.3 Å². The van der Waals surface area contributed by atoms with Crippen molar-refractivity contribution in [3.8, 4) is 0 Å². The summed E-state index contributed by atoms with van der Waals surface area (Å²) in [6.07, 6.45) is 4.10. The molecule has 20 heavy (non-hydrogen) atoms. The predicted molar refractivity (Wildman–Crippen MR) is 80.5 cm³/mol.